The van der Waals surface area contributed by atoms with Crippen LogP contribution in [0.15, 0.2) is 9.85 Å². The Hall–Kier alpha value is -0.390. The van der Waals surface area contributed by atoms with Gasteiger partial charge in [-0.15, -0.1) is 11.3 Å². The number of amides is 1. The third-order valence-electron chi connectivity index (χ3n) is 3.90. The minimum Gasteiger partial charge on any atom is -0.333 e. The zero-order valence-electron chi connectivity index (χ0n) is 11.1. The summed E-state index contributed by atoms with van der Waals surface area (Å²) in [5.41, 5.74) is 1.16. The third-order valence-corrected chi connectivity index (χ3v) is 6.02. The number of aryl methyl sites for hydroxylation is 1. The normalized spacial score (nSPS) is 22.7. The van der Waals surface area contributed by atoms with Crippen molar-refractivity contribution in [3.05, 3.63) is 20.3 Å². The number of hydrogen-bond donors (Lipinski definition) is 1. The van der Waals surface area contributed by atoms with E-state index < -0.39 is 0 Å². The molecule has 1 aliphatic carbocycles. The highest BCUT2D eigenvalue weighted by Gasteiger charge is 2.35. The van der Waals surface area contributed by atoms with Gasteiger partial charge in [0.15, 0.2) is 0 Å². The van der Waals surface area contributed by atoms with E-state index in [-0.39, 0.29) is 5.91 Å². The fourth-order valence-corrected chi connectivity index (χ4v) is 4.13. The molecule has 2 aliphatic rings. The molecule has 19 heavy (non-hydrogen) atoms. The number of halogens is 1. The molecule has 3 nitrogen and oxygen atoms in total. The van der Waals surface area contributed by atoms with Gasteiger partial charge in [-0.25, -0.2) is 0 Å². The fourth-order valence-electron chi connectivity index (χ4n) is 2.64. The Morgan fingerprint density at radius 3 is 2.84 bits per heavy atom. The molecule has 1 unspecified atom stereocenters. The SMILES string of the molecule is Cc1cc(C(=O)N(CC2CCCN2)C2CC2)sc1Br. The van der Waals surface area contributed by atoms with Gasteiger partial charge in [-0.1, -0.05) is 0 Å². The van der Waals surface area contributed by atoms with E-state index in [0.717, 1.165) is 27.3 Å². The van der Waals surface area contributed by atoms with Crippen LogP contribution in [0.3, 0.4) is 0 Å². The monoisotopic (exact) mass is 342 g/mol. The molecule has 1 atom stereocenters. The van der Waals surface area contributed by atoms with Crippen LogP contribution in [-0.2, 0) is 0 Å². The lowest BCUT2D eigenvalue weighted by molar-refractivity contribution is 0.0733. The first-order valence-corrected chi connectivity index (χ1v) is 8.56. The number of thiophene rings is 1. The van der Waals surface area contributed by atoms with Crippen molar-refractivity contribution in [2.24, 2.45) is 0 Å². The van der Waals surface area contributed by atoms with Gasteiger partial charge in [0.25, 0.3) is 5.91 Å². The number of hydrogen-bond acceptors (Lipinski definition) is 3. The Balaban J connectivity index is 1.73. The first-order chi connectivity index (χ1) is 9.15. The second kappa shape index (κ2) is 5.54. The Morgan fingerprint density at radius 2 is 2.32 bits per heavy atom. The molecule has 0 bridgehead atoms. The van der Waals surface area contributed by atoms with E-state index in [1.165, 1.54) is 25.7 Å². The van der Waals surface area contributed by atoms with Crippen LogP contribution in [0.5, 0.6) is 0 Å². The topological polar surface area (TPSA) is 32.3 Å². The van der Waals surface area contributed by atoms with Gasteiger partial charge in [0.1, 0.15) is 0 Å². The lowest BCUT2D eigenvalue weighted by atomic mass is 10.2. The minimum atomic E-state index is 0.218. The van der Waals surface area contributed by atoms with E-state index in [1.54, 1.807) is 11.3 Å². The van der Waals surface area contributed by atoms with Gasteiger partial charge in [-0.2, -0.15) is 0 Å². The fraction of sp³-hybridized carbons (Fsp3) is 0.643. The van der Waals surface area contributed by atoms with Crippen molar-refractivity contribution in [1.29, 1.82) is 0 Å². The second-order valence-electron chi connectivity index (χ2n) is 5.55. The molecule has 104 valence electrons. The molecule has 5 heteroatoms. The molecule has 0 radical (unpaired) electrons. The van der Waals surface area contributed by atoms with Crippen LogP contribution in [-0.4, -0.2) is 36.0 Å². The lowest BCUT2D eigenvalue weighted by Gasteiger charge is -2.25. The largest absolute Gasteiger partial charge is 0.333 e. The molecule has 0 spiro atoms. The summed E-state index contributed by atoms with van der Waals surface area (Å²) in [6.07, 6.45) is 4.78. The first-order valence-electron chi connectivity index (χ1n) is 6.95. The molecular weight excluding hydrogens is 324 g/mol. The van der Waals surface area contributed by atoms with E-state index in [0.29, 0.717) is 12.1 Å². The summed E-state index contributed by atoms with van der Waals surface area (Å²) < 4.78 is 1.07. The summed E-state index contributed by atoms with van der Waals surface area (Å²) >= 11 is 5.07. The van der Waals surface area contributed by atoms with Crippen LogP contribution >= 0.6 is 27.3 Å². The number of carbonyl (C=O) groups is 1. The van der Waals surface area contributed by atoms with Crippen molar-refractivity contribution < 1.29 is 4.79 Å². The molecule has 1 amide bonds. The minimum absolute atomic E-state index is 0.218. The Labute approximate surface area is 126 Å². The number of nitrogens with zero attached hydrogens (tertiary/aromatic N) is 1. The van der Waals surface area contributed by atoms with Crippen molar-refractivity contribution in [2.45, 2.75) is 44.7 Å². The van der Waals surface area contributed by atoms with Gasteiger partial charge in [-0.3, -0.25) is 4.79 Å². The Morgan fingerprint density at radius 1 is 1.53 bits per heavy atom. The summed E-state index contributed by atoms with van der Waals surface area (Å²) in [4.78, 5) is 15.6. The third kappa shape index (κ3) is 3.03. The summed E-state index contributed by atoms with van der Waals surface area (Å²) in [5, 5.41) is 3.49. The van der Waals surface area contributed by atoms with Crippen molar-refractivity contribution in [3.8, 4) is 0 Å². The van der Waals surface area contributed by atoms with Crippen LogP contribution < -0.4 is 5.32 Å². The number of rotatable bonds is 4. The molecule has 2 heterocycles. The van der Waals surface area contributed by atoms with E-state index in [2.05, 4.69) is 26.1 Å². The maximum absolute atomic E-state index is 12.7. The molecule has 1 N–H and O–H groups in total. The van der Waals surface area contributed by atoms with Crippen LogP contribution in [0.4, 0.5) is 0 Å². The van der Waals surface area contributed by atoms with E-state index in [1.807, 2.05) is 13.0 Å². The zero-order valence-corrected chi connectivity index (χ0v) is 13.5. The lowest BCUT2D eigenvalue weighted by Crippen LogP contribution is -2.42. The molecule has 1 aliphatic heterocycles. The molecular formula is C14H19BrN2OS. The average Bonchev–Trinajstić information content (AvgIpc) is 3.00. The van der Waals surface area contributed by atoms with Gasteiger partial charge in [0.2, 0.25) is 0 Å². The maximum atomic E-state index is 12.7. The maximum Gasteiger partial charge on any atom is 0.264 e. The van der Waals surface area contributed by atoms with Crippen LogP contribution in [0.25, 0.3) is 0 Å². The Kier molecular flexibility index (Phi) is 3.96. The van der Waals surface area contributed by atoms with Crippen LogP contribution in [0.1, 0.15) is 40.9 Å². The van der Waals surface area contributed by atoms with E-state index >= 15 is 0 Å². The van der Waals surface area contributed by atoms with Crippen molar-refractivity contribution in [1.82, 2.24) is 10.2 Å². The summed E-state index contributed by atoms with van der Waals surface area (Å²) in [6, 6.07) is 2.99. The molecule has 1 saturated heterocycles. The summed E-state index contributed by atoms with van der Waals surface area (Å²) in [7, 11) is 0. The second-order valence-corrected chi connectivity index (χ2v) is 7.92. The highest BCUT2D eigenvalue weighted by molar-refractivity contribution is 9.11. The predicted molar refractivity (Wildman–Crippen MR) is 81.8 cm³/mol. The smallest absolute Gasteiger partial charge is 0.264 e. The summed E-state index contributed by atoms with van der Waals surface area (Å²) in [5.74, 6) is 0.218. The summed E-state index contributed by atoms with van der Waals surface area (Å²) in [6.45, 7) is 4.01. The quantitative estimate of drug-likeness (QED) is 0.911. The molecule has 2 fully saturated rings. The molecule has 1 saturated carbocycles. The van der Waals surface area contributed by atoms with Gasteiger partial charge in [0, 0.05) is 18.6 Å². The number of nitrogens with one attached hydrogen (secondary N) is 1. The van der Waals surface area contributed by atoms with Crippen molar-refractivity contribution in [3.63, 3.8) is 0 Å². The highest BCUT2D eigenvalue weighted by Crippen LogP contribution is 2.33. The zero-order chi connectivity index (χ0) is 13.4. The van der Waals surface area contributed by atoms with E-state index in [9.17, 15) is 4.79 Å². The van der Waals surface area contributed by atoms with Gasteiger partial charge < -0.3 is 10.2 Å². The van der Waals surface area contributed by atoms with Gasteiger partial charge >= 0.3 is 0 Å². The van der Waals surface area contributed by atoms with E-state index in [4.69, 9.17) is 0 Å². The van der Waals surface area contributed by atoms with Crippen molar-refractivity contribution in [2.75, 3.05) is 13.1 Å². The highest BCUT2D eigenvalue weighted by atomic mass is 79.9. The number of carbonyl (C=O) groups excluding carboxylic acids is 1. The van der Waals surface area contributed by atoms with Gasteiger partial charge in [0.05, 0.1) is 8.66 Å². The standard InChI is InChI=1S/C14H19BrN2OS/c1-9-7-12(19-13(9)15)14(18)17(11-4-5-11)8-10-3-2-6-16-10/h7,10-11,16H,2-6,8H2,1H3. The van der Waals surface area contributed by atoms with Crippen LogP contribution in [0.2, 0.25) is 0 Å². The van der Waals surface area contributed by atoms with Gasteiger partial charge in [-0.05, 0) is 66.7 Å². The molecule has 0 aromatic carbocycles. The van der Waals surface area contributed by atoms with Crippen molar-refractivity contribution >= 4 is 33.2 Å². The molecule has 3 rings (SSSR count). The van der Waals surface area contributed by atoms with Crippen LogP contribution in [0, 0.1) is 6.92 Å². The molecule has 1 aromatic rings. The Bertz CT molecular complexity index is 458. The molecule has 1 aromatic heterocycles. The average molecular weight is 343 g/mol. The predicted octanol–water partition coefficient (Wildman–Crippen LogP) is 3.18. The first kappa shape index (κ1) is 13.6.